The van der Waals surface area contributed by atoms with Crippen LogP contribution in [0.2, 0.25) is 0 Å². The summed E-state index contributed by atoms with van der Waals surface area (Å²) in [6.07, 6.45) is 3.89. The van der Waals surface area contributed by atoms with Crippen molar-refractivity contribution in [3.8, 4) is 0 Å². The molecule has 0 aromatic rings. The van der Waals surface area contributed by atoms with Crippen LogP contribution in [0.25, 0.3) is 0 Å². The lowest BCUT2D eigenvalue weighted by molar-refractivity contribution is -0.125. The standard InChI is InChI=1S/C9H14N2O2/c1-2-3-8(12)11-5-4-7(6-11)9(10)13/h2-3,7H,4-6H2,1H3,(H2,10,13)/b3-2+. The smallest absolute Gasteiger partial charge is 0.246 e. The molecule has 0 spiro atoms. The third kappa shape index (κ3) is 2.31. The largest absolute Gasteiger partial charge is 0.369 e. The number of hydrogen-bond donors (Lipinski definition) is 1. The molecule has 1 saturated heterocycles. The van der Waals surface area contributed by atoms with Crippen molar-refractivity contribution in [3.63, 3.8) is 0 Å². The first-order chi connectivity index (χ1) is 6.15. The molecular weight excluding hydrogens is 168 g/mol. The molecule has 1 heterocycles. The predicted octanol–water partition coefficient (Wildman–Crippen LogP) is -0.104. The maximum atomic E-state index is 11.3. The van der Waals surface area contributed by atoms with Gasteiger partial charge in [-0.05, 0) is 19.4 Å². The highest BCUT2D eigenvalue weighted by Gasteiger charge is 2.28. The first kappa shape index (κ1) is 9.77. The Bertz CT molecular complexity index is 248. The highest BCUT2D eigenvalue weighted by atomic mass is 16.2. The van der Waals surface area contributed by atoms with Crippen molar-refractivity contribution in [2.45, 2.75) is 13.3 Å². The number of hydrogen-bond acceptors (Lipinski definition) is 2. The minimum Gasteiger partial charge on any atom is -0.369 e. The van der Waals surface area contributed by atoms with Gasteiger partial charge >= 0.3 is 0 Å². The van der Waals surface area contributed by atoms with Gasteiger partial charge in [-0.3, -0.25) is 9.59 Å². The van der Waals surface area contributed by atoms with Crippen molar-refractivity contribution in [2.75, 3.05) is 13.1 Å². The highest BCUT2D eigenvalue weighted by molar-refractivity contribution is 5.88. The summed E-state index contributed by atoms with van der Waals surface area (Å²) in [5, 5.41) is 0. The molecule has 0 saturated carbocycles. The molecule has 1 aliphatic heterocycles. The minimum atomic E-state index is -0.309. The molecule has 1 unspecified atom stereocenters. The number of carbonyl (C=O) groups is 2. The first-order valence-corrected chi connectivity index (χ1v) is 4.36. The maximum absolute atomic E-state index is 11.3. The van der Waals surface area contributed by atoms with Crippen LogP contribution in [0.15, 0.2) is 12.2 Å². The van der Waals surface area contributed by atoms with E-state index in [-0.39, 0.29) is 17.7 Å². The van der Waals surface area contributed by atoms with Crippen LogP contribution in [0, 0.1) is 5.92 Å². The molecule has 0 radical (unpaired) electrons. The molecule has 1 rings (SSSR count). The Morgan fingerprint density at radius 1 is 1.54 bits per heavy atom. The van der Waals surface area contributed by atoms with Crippen molar-refractivity contribution in [1.29, 1.82) is 0 Å². The summed E-state index contributed by atoms with van der Waals surface area (Å²) in [7, 11) is 0. The summed E-state index contributed by atoms with van der Waals surface area (Å²) in [6, 6.07) is 0. The number of carbonyl (C=O) groups excluding carboxylic acids is 2. The van der Waals surface area contributed by atoms with Gasteiger partial charge in [0.1, 0.15) is 0 Å². The quantitative estimate of drug-likeness (QED) is 0.606. The Morgan fingerprint density at radius 3 is 2.69 bits per heavy atom. The molecule has 1 fully saturated rings. The van der Waals surface area contributed by atoms with Crippen LogP contribution in [-0.4, -0.2) is 29.8 Å². The lowest BCUT2D eigenvalue weighted by atomic mass is 10.1. The van der Waals surface area contributed by atoms with Gasteiger partial charge in [0.25, 0.3) is 0 Å². The summed E-state index contributed by atoms with van der Waals surface area (Å²) in [4.78, 5) is 23.7. The summed E-state index contributed by atoms with van der Waals surface area (Å²) >= 11 is 0. The van der Waals surface area contributed by atoms with E-state index >= 15 is 0 Å². The summed E-state index contributed by atoms with van der Waals surface area (Å²) in [5.41, 5.74) is 5.14. The van der Waals surface area contributed by atoms with E-state index in [0.717, 1.165) is 0 Å². The molecule has 13 heavy (non-hydrogen) atoms. The lowest BCUT2D eigenvalue weighted by Gasteiger charge is -2.12. The molecule has 0 aromatic heterocycles. The third-order valence-electron chi connectivity index (χ3n) is 2.21. The Morgan fingerprint density at radius 2 is 2.23 bits per heavy atom. The van der Waals surface area contributed by atoms with Gasteiger partial charge in [0.2, 0.25) is 11.8 Å². The molecule has 0 aromatic carbocycles. The lowest BCUT2D eigenvalue weighted by Crippen LogP contribution is -2.30. The Kier molecular flexibility index (Phi) is 3.06. The molecule has 0 bridgehead atoms. The molecule has 0 aliphatic carbocycles. The van der Waals surface area contributed by atoms with E-state index in [4.69, 9.17) is 5.73 Å². The SMILES string of the molecule is C/C=C/C(=O)N1CCC(C(N)=O)C1. The molecule has 2 amide bonds. The van der Waals surface area contributed by atoms with E-state index in [1.165, 1.54) is 6.08 Å². The van der Waals surface area contributed by atoms with Crippen LogP contribution in [0.5, 0.6) is 0 Å². The van der Waals surface area contributed by atoms with Crippen LogP contribution in [-0.2, 0) is 9.59 Å². The number of rotatable bonds is 2. The topological polar surface area (TPSA) is 63.4 Å². The summed E-state index contributed by atoms with van der Waals surface area (Å²) in [5.74, 6) is -0.503. The zero-order chi connectivity index (χ0) is 9.84. The highest BCUT2D eigenvalue weighted by Crippen LogP contribution is 2.15. The van der Waals surface area contributed by atoms with Gasteiger partial charge in [0.05, 0.1) is 5.92 Å². The Balaban J connectivity index is 2.50. The second kappa shape index (κ2) is 4.07. The molecule has 4 heteroatoms. The van der Waals surface area contributed by atoms with E-state index in [0.29, 0.717) is 19.5 Å². The van der Waals surface area contributed by atoms with Gasteiger partial charge in [0, 0.05) is 13.1 Å². The first-order valence-electron chi connectivity index (χ1n) is 4.36. The molecule has 4 nitrogen and oxygen atoms in total. The zero-order valence-electron chi connectivity index (χ0n) is 7.69. The summed E-state index contributed by atoms with van der Waals surface area (Å²) in [6.45, 7) is 2.90. The Hall–Kier alpha value is -1.32. The van der Waals surface area contributed by atoms with E-state index < -0.39 is 0 Å². The normalized spacial score (nSPS) is 22.5. The Labute approximate surface area is 77.4 Å². The fourth-order valence-corrected chi connectivity index (χ4v) is 1.44. The van der Waals surface area contributed by atoms with Crippen molar-refractivity contribution in [2.24, 2.45) is 11.7 Å². The number of likely N-dealkylation sites (tertiary alicyclic amines) is 1. The van der Waals surface area contributed by atoms with Gasteiger partial charge in [-0.1, -0.05) is 6.08 Å². The van der Waals surface area contributed by atoms with Gasteiger partial charge < -0.3 is 10.6 Å². The average molecular weight is 182 g/mol. The fraction of sp³-hybridized carbons (Fsp3) is 0.556. The van der Waals surface area contributed by atoms with Crippen molar-refractivity contribution in [3.05, 3.63) is 12.2 Å². The molecular formula is C9H14N2O2. The fourth-order valence-electron chi connectivity index (χ4n) is 1.44. The van der Waals surface area contributed by atoms with Gasteiger partial charge in [-0.15, -0.1) is 0 Å². The van der Waals surface area contributed by atoms with Crippen LogP contribution in [0.3, 0.4) is 0 Å². The van der Waals surface area contributed by atoms with Gasteiger partial charge in [-0.2, -0.15) is 0 Å². The van der Waals surface area contributed by atoms with Gasteiger partial charge in [-0.25, -0.2) is 0 Å². The zero-order valence-corrected chi connectivity index (χ0v) is 7.69. The average Bonchev–Trinajstić information content (AvgIpc) is 2.52. The number of allylic oxidation sites excluding steroid dienone is 1. The van der Waals surface area contributed by atoms with Crippen LogP contribution in [0.1, 0.15) is 13.3 Å². The van der Waals surface area contributed by atoms with E-state index in [1.54, 1.807) is 17.9 Å². The second-order valence-corrected chi connectivity index (χ2v) is 3.17. The number of nitrogens with two attached hydrogens (primary N) is 1. The van der Waals surface area contributed by atoms with Crippen LogP contribution in [0.4, 0.5) is 0 Å². The number of nitrogens with zero attached hydrogens (tertiary/aromatic N) is 1. The molecule has 1 aliphatic rings. The van der Waals surface area contributed by atoms with Crippen molar-refractivity contribution in [1.82, 2.24) is 4.90 Å². The molecule has 72 valence electrons. The van der Waals surface area contributed by atoms with Gasteiger partial charge in [0.15, 0.2) is 0 Å². The van der Waals surface area contributed by atoms with Crippen molar-refractivity contribution >= 4 is 11.8 Å². The summed E-state index contributed by atoms with van der Waals surface area (Å²) < 4.78 is 0. The minimum absolute atomic E-state index is 0.0359. The van der Waals surface area contributed by atoms with E-state index in [2.05, 4.69) is 0 Å². The maximum Gasteiger partial charge on any atom is 0.246 e. The van der Waals surface area contributed by atoms with E-state index in [9.17, 15) is 9.59 Å². The third-order valence-corrected chi connectivity index (χ3v) is 2.21. The predicted molar refractivity (Wildman–Crippen MR) is 48.7 cm³/mol. The number of amides is 2. The van der Waals surface area contributed by atoms with Crippen molar-refractivity contribution < 1.29 is 9.59 Å². The van der Waals surface area contributed by atoms with Crippen LogP contribution < -0.4 is 5.73 Å². The molecule has 1 atom stereocenters. The van der Waals surface area contributed by atoms with Crippen LogP contribution >= 0.6 is 0 Å². The van der Waals surface area contributed by atoms with E-state index in [1.807, 2.05) is 0 Å². The second-order valence-electron chi connectivity index (χ2n) is 3.17. The molecule has 2 N–H and O–H groups in total. The monoisotopic (exact) mass is 182 g/mol. The number of primary amides is 1.